The maximum absolute atomic E-state index is 4.19. The van der Waals surface area contributed by atoms with Gasteiger partial charge in [0, 0.05) is 30.6 Å². The Morgan fingerprint density at radius 2 is 2.00 bits per heavy atom. The molecule has 1 heterocycles. The third kappa shape index (κ3) is 9.23. The Bertz CT molecular complexity index is 357. The molecule has 0 unspecified atom stereocenters. The molecule has 0 aromatic carbocycles. The minimum atomic E-state index is 0. The lowest BCUT2D eigenvalue weighted by Gasteiger charge is -2.21. The molecule has 0 aliphatic rings. The minimum Gasteiger partial charge on any atom is -0.355 e. The smallest absolute Gasteiger partial charge is 0.191 e. The average molecular weight is 396 g/mol. The molecule has 1 aromatic rings. The molecule has 110 valence electrons. The summed E-state index contributed by atoms with van der Waals surface area (Å²) in [6.07, 6.45) is 0. The van der Waals surface area contributed by atoms with Crippen LogP contribution in [0.5, 0.6) is 0 Å². The van der Waals surface area contributed by atoms with E-state index in [4.69, 9.17) is 0 Å². The van der Waals surface area contributed by atoms with Gasteiger partial charge in [0.05, 0.1) is 6.54 Å². The van der Waals surface area contributed by atoms with Crippen molar-refractivity contribution in [3.8, 4) is 0 Å². The number of nitrogens with zero attached hydrogens (tertiary/aromatic N) is 1. The van der Waals surface area contributed by atoms with E-state index in [9.17, 15) is 0 Å². The maximum atomic E-state index is 4.19. The highest BCUT2D eigenvalue weighted by molar-refractivity contribution is 14.0. The molecule has 0 spiro atoms. The Labute approximate surface area is 137 Å². The van der Waals surface area contributed by atoms with Crippen LogP contribution in [0, 0.1) is 0 Å². The summed E-state index contributed by atoms with van der Waals surface area (Å²) in [7, 11) is 1.79. The fourth-order valence-electron chi connectivity index (χ4n) is 1.42. The van der Waals surface area contributed by atoms with E-state index < -0.39 is 0 Å². The predicted octanol–water partition coefficient (Wildman–Crippen LogP) is 2.42. The lowest BCUT2D eigenvalue weighted by molar-refractivity contribution is 0.428. The van der Waals surface area contributed by atoms with Gasteiger partial charge in [-0.15, -0.1) is 35.3 Å². The molecule has 0 saturated carbocycles. The highest BCUT2D eigenvalue weighted by Crippen LogP contribution is 2.06. The minimum absolute atomic E-state index is 0. The van der Waals surface area contributed by atoms with Gasteiger partial charge in [-0.1, -0.05) is 6.07 Å². The first-order chi connectivity index (χ1) is 8.51. The fourth-order valence-corrected chi connectivity index (χ4v) is 2.07. The molecule has 0 radical (unpaired) electrons. The topological polar surface area (TPSA) is 48.5 Å². The zero-order valence-electron chi connectivity index (χ0n) is 12.1. The van der Waals surface area contributed by atoms with E-state index in [2.05, 4.69) is 59.2 Å². The van der Waals surface area contributed by atoms with Crippen LogP contribution in [0.15, 0.2) is 22.5 Å². The summed E-state index contributed by atoms with van der Waals surface area (Å²) in [5.74, 6) is 0.846. The molecule has 6 heteroatoms. The second kappa shape index (κ2) is 9.55. The fraction of sp³-hybridized carbons (Fsp3) is 0.615. The molecule has 0 amide bonds. The monoisotopic (exact) mass is 396 g/mol. The highest BCUT2D eigenvalue weighted by Gasteiger charge is 2.07. The summed E-state index contributed by atoms with van der Waals surface area (Å²) in [6, 6.07) is 4.18. The summed E-state index contributed by atoms with van der Waals surface area (Å²) in [6.45, 7) is 9.10. The van der Waals surface area contributed by atoms with Crippen LogP contribution in [-0.4, -0.2) is 31.6 Å². The molecular formula is C13H25IN4S. The molecule has 0 aliphatic carbocycles. The van der Waals surface area contributed by atoms with Gasteiger partial charge in [-0.05, 0) is 32.2 Å². The Morgan fingerprint density at radius 1 is 1.26 bits per heavy atom. The van der Waals surface area contributed by atoms with Crippen LogP contribution in [-0.2, 0) is 6.54 Å². The second-order valence-corrected chi connectivity index (χ2v) is 6.14. The summed E-state index contributed by atoms with van der Waals surface area (Å²) in [4.78, 5) is 5.50. The molecule has 19 heavy (non-hydrogen) atoms. The molecular weight excluding hydrogens is 371 g/mol. The maximum Gasteiger partial charge on any atom is 0.191 e. The second-order valence-electron chi connectivity index (χ2n) is 5.11. The van der Waals surface area contributed by atoms with Gasteiger partial charge < -0.3 is 16.0 Å². The Kier molecular flexibility index (Phi) is 9.38. The lowest BCUT2D eigenvalue weighted by atomic mass is 10.1. The van der Waals surface area contributed by atoms with Crippen LogP contribution in [0.25, 0.3) is 0 Å². The average Bonchev–Trinajstić information content (AvgIpc) is 2.79. The standard InChI is InChI=1S/C13H24N4S.HI/c1-13(2,3)17-8-7-15-12(14-4)16-10-11-6-5-9-18-11;/h5-6,9,17H,7-8,10H2,1-4H3,(H2,14,15,16);1H. The number of hydrogen-bond donors (Lipinski definition) is 3. The summed E-state index contributed by atoms with van der Waals surface area (Å²) < 4.78 is 0. The van der Waals surface area contributed by atoms with Crippen LogP contribution in [0.2, 0.25) is 0 Å². The van der Waals surface area contributed by atoms with Gasteiger partial charge in [0.15, 0.2) is 5.96 Å². The molecule has 0 fully saturated rings. The first-order valence-corrected chi connectivity index (χ1v) is 7.11. The van der Waals surface area contributed by atoms with Gasteiger partial charge in [-0.2, -0.15) is 0 Å². The van der Waals surface area contributed by atoms with Crippen LogP contribution in [0.1, 0.15) is 25.6 Å². The van der Waals surface area contributed by atoms with Crippen molar-refractivity contribution in [2.75, 3.05) is 20.1 Å². The van der Waals surface area contributed by atoms with Gasteiger partial charge in [0.25, 0.3) is 0 Å². The first-order valence-electron chi connectivity index (χ1n) is 6.23. The van der Waals surface area contributed by atoms with Crippen LogP contribution < -0.4 is 16.0 Å². The zero-order chi connectivity index (χ0) is 13.4. The predicted molar refractivity (Wildman–Crippen MR) is 95.7 cm³/mol. The van der Waals surface area contributed by atoms with E-state index in [0.29, 0.717) is 0 Å². The number of thiophene rings is 1. The number of halogens is 1. The Hall–Kier alpha value is -0.340. The Balaban J connectivity index is 0.00000324. The van der Waals surface area contributed by atoms with Crippen LogP contribution >= 0.6 is 35.3 Å². The first kappa shape index (κ1) is 18.7. The van der Waals surface area contributed by atoms with Crippen molar-refractivity contribution in [3.63, 3.8) is 0 Å². The van der Waals surface area contributed by atoms with Gasteiger partial charge in [0.2, 0.25) is 0 Å². The lowest BCUT2D eigenvalue weighted by Crippen LogP contribution is -2.44. The van der Waals surface area contributed by atoms with Crippen molar-refractivity contribution in [2.45, 2.75) is 32.9 Å². The summed E-state index contributed by atoms with van der Waals surface area (Å²) >= 11 is 1.75. The largest absolute Gasteiger partial charge is 0.355 e. The zero-order valence-corrected chi connectivity index (χ0v) is 15.3. The number of hydrogen-bond acceptors (Lipinski definition) is 3. The van der Waals surface area contributed by atoms with E-state index in [0.717, 1.165) is 25.6 Å². The van der Waals surface area contributed by atoms with Gasteiger partial charge in [-0.25, -0.2) is 0 Å². The van der Waals surface area contributed by atoms with Crippen molar-refractivity contribution in [2.24, 2.45) is 4.99 Å². The molecule has 0 aliphatic heterocycles. The normalized spacial score (nSPS) is 11.9. The quantitative estimate of drug-likeness (QED) is 0.310. The number of nitrogens with one attached hydrogen (secondary N) is 3. The number of rotatable bonds is 5. The molecule has 1 rings (SSSR count). The van der Waals surface area contributed by atoms with E-state index >= 15 is 0 Å². The number of aliphatic imine (C=N–C) groups is 1. The van der Waals surface area contributed by atoms with Gasteiger partial charge >= 0.3 is 0 Å². The molecule has 1 aromatic heterocycles. The molecule has 0 bridgehead atoms. The molecule has 0 atom stereocenters. The van der Waals surface area contributed by atoms with E-state index in [1.165, 1.54) is 4.88 Å². The van der Waals surface area contributed by atoms with Gasteiger partial charge in [-0.3, -0.25) is 4.99 Å². The Morgan fingerprint density at radius 3 is 2.53 bits per heavy atom. The van der Waals surface area contributed by atoms with Crippen molar-refractivity contribution < 1.29 is 0 Å². The van der Waals surface area contributed by atoms with E-state index in [1.807, 2.05) is 0 Å². The molecule has 0 saturated heterocycles. The summed E-state index contributed by atoms with van der Waals surface area (Å²) in [5, 5.41) is 12.1. The molecule has 4 nitrogen and oxygen atoms in total. The highest BCUT2D eigenvalue weighted by atomic mass is 127. The number of guanidine groups is 1. The van der Waals surface area contributed by atoms with Crippen molar-refractivity contribution in [1.82, 2.24) is 16.0 Å². The SMILES string of the molecule is CN=C(NCCNC(C)(C)C)NCc1cccs1.I. The van der Waals surface area contributed by atoms with Crippen molar-refractivity contribution >= 4 is 41.3 Å². The van der Waals surface area contributed by atoms with Gasteiger partial charge in [0.1, 0.15) is 0 Å². The van der Waals surface area contributed by atoms with Crippen LogP contribution in [0.4, 0.5) is 0 Å². The van der Waals surface area contributed by atoms with Crippen molar-refractivity contribution in [3.05, 3.63) is 22.4 Å². The van der Waals surface area contributed by atoms with E-state index in [-0.39, 0.29) is 29.5 Å². The molecule has 3 N–H and O–H groups in total. The summed E-state index contributed by atoms with van der Waals surface area (Å²) in [5.41, 5.74) is 0.162. The third-order valence-electron chi connectivity index (χ3n) is 2.31. The van der Waals surface area contributed by atoms with E-state index in [1.54, 1.807) is 18.4 Å². The van der Waals surface area contributed by atoms with Crippen molar-refractivity contribution in [1.29, 1.82) is 0 Å². The third-order valence-corrected chi connectivity index (χ3v) is 3.18. The van der Waals surface area contributed by atoms with Crippen LogP contribution in [0.3, 0.4) is 0 Å².